The summed E-state index contributed by atoms with van der Waals surface area (Å²) >= 11 is 0. The van der Waals surface area contributed by atoms with E-state index < -0.39 is 5.97 Å². The lowest BCUT2D eigenvalue weighted by Gasteiger charge is -2.20. The normalized spacial score (nSPS) is 14.1. The molecule has 0 saturated heterocycles. The number of ether oxygens (including phenoxy) is 1. The molecule has 0 spiro atoms. The summed E-state index contributed by atoms with van der Waals surface area (Å²) in [6.45, 7) is 7.36. The molecule has 0 aromatic carbocycles. The summed E-state index contributed by atoms with van der Waals surface area (Å²) in [4.78, 5) is 22.3. The van der Waals surface area contributed by atoms with E-state index in [1.165, 1.54) is 0 Å². The zero-order valence-electron chi connectivity index (χ0n) is 13.1. The molecule has 0 rings (SSSR count). The lowest BCUT2D eigenvalue weighted by molar-refractivity contribution is -0.137. The predicted octanol–water partition coefficient (Wildman–Crippen LogP) is 2.30. The van der Waals surface area contributed by atoms with Crippen molar-refractivity contribution in [2.75, 3.05) is 20.3 Å². The van der Waals surface area contributed by atoms with Gasteiger partial charge in [-0.15, -0.1) is 0 Å². The van der Waals surface area contributed by atoms with Gasteiger partial charge in [0.2, 0.25) is 5.91 Å². The standard InChI is InChI=1S/C15H29NO4/c1-11(2)13(5-6-15(18)19)7-8-16-14(17)9-12(3)10-20-4/h11-13H,5-10H2,1-4H3,(H,16,17)(H,18,19). The van der Waals surface area contributed by atoms with E-state index in [1.54, 1.807) is 7.11 Å². The van der Waals surface area contributed by atoms with Gasteiger partial charge >= 0.3 is 5.97 Å². The minimum atomic E-state index is -0.756. The summed E-state index contributed by atoms with van der Waals surface area (Å²) in [6, 6.07) is 0. The molecular formula is C15H29NO4. The Kier molecular flexibility index (Phi) is 10.1. The number of hydrogen-bond acceptors (Lipinski definition) is 3. The molecule has 118 valence electrons. The number of methoxy groups -OCH3 is 1. The molecule has 0 aliphatic carbocycles. The van der Waals surface area contributed by atoms with E-state index in [1.807, 2.05) is 6.92 Å². The van der Waals surface area contributed by atoms with Crippen molar-refractivity contribution in [2.45, 2.75) is 46.5 Å². The van der Waals surface area contributed by atoms with Gasteiger partial charge in [-0.1, -0.05) is 20.8 Å². The molecule has 0 aromatic rings. The molecule has 2 unspecified atom stereocenters. The van der Waals surface area contributed by atoms with Gasteiger partial charge in [0.25, 0.3) is 0 Å². The van der Waals surface area contributed by atoms with Crippen LogP contribution in [0.15, 0.2) is 0 Å². The Morgan fingerprint density at radius 1 is 1.20 bits per heavy atom. The lowest BCUT2D eigenvalue weighted by atomic mass is 9.88. The van der Waals surface area contributed by atoms with Crippen LogP contribution in [0.25, 0.3) is 0 Å². The minimum Gasteiger partial charge on any atom is -0.481 e. The molecule has 2 atom stereocenters. The Hall–Kier alpha value is -1.10. The van der Waals surface area contributed by atoms with Crippen LogP contribution >= 0.6 is 0 Å². The van der Waals surface area contributed by atoms with Crippen LogP contribution in [0.1, 0.15) is 46.5 Å². The van der Waals surface area contributed by atoms with Crippen LogP contribution in [-0.4, -0.2) is 37.2 Å². The van der Waals surface area contributed by atoms with E-state index >= 15 is 0 Å². The smallest absolute Gasteiger partial charge is 0.303 e. The van der Waals surface area contributed by atoms with Crippen molar-refractivity contribution in [3.8, 4) is 0 Å². The number of nitrogens with one attached hydrogen (secondary N) is 1. The van der Waals surface area contributed by atoms with Gasteiger partial charge in [0.15, 0.2) is 0 Å². The van der Waals surface area contributed by atoms with Crippen molar-refractivity contribution in [3.05, 3.63) is 0 Å². The summed E-state index contributed by atoms with van der Waals surface area (Å²) in [5, 5.41) is 11.6. The number of carbonyl (C=O) groups is 2. The molecule has 0 heterocycles. The van der Waals surface area contributed by atoms with E-state index in [2.05, 4.69) is 19.2 Å². The molecule has 0 radical (unpaired) electrons. The van der Waals surface area contributed by atoms with Crippen LogP contribution < -0.4 is 5.32 Å². The maximum atomic E-state index is 11.7. The van der Waals surface area contributed by atoms with E-state index in [-0.39, 0.29) is 18.2 Å². The van der Waals surface area contributed by atoms with Crippen molar-refractivity contribution in [1.82, 2.24) is 5.32 Å². The highest BCUT2D eigenvalue weighted by Crippen LogP contribution is 2.20. The number of rotatable bonds is 11. The first-order valence-electron chi connectivity index (χ1n) is 7.34. The molecule has 5 nitrogen and oxygen atoms in total. The van der Waals surface area contributed by atoms with Gasteiger partial charge in [0, 0.05) is 33.1 Å². The highest BCUT2D eigenvalue weighted by Gasteiger charge is 2.15. The molecule has 0 bridgehead atoms. The Balaban J connectivity index is 3.92. The van der Waals surface area contributed by atoms with Gasteiger partial charge in [-0.2, -0.15) is 0 Å². The zero-order chi connectivity index (χ0) is 15.5. The quantitative estimate of drug-likeness (QED) is 0.611. The fourth-order valence-electron chi connectivity index (χ4n) is 2.25. The molecule has 2 N–H and O–H groups in total. The van der Waals surface area contributed by atoms with Gasteiger partial charge < -0.3 is 15.2 Å². The highest BCUT2D eigenvalue weighted by molar-refractivity contribution is 5.76. The van der Waals surface area contributed by atoms with Gasteiger partial charge in [-0.05, 0) is 30.6 Å². The fraction of sp³-hybridized carbons (Fsp3) is 0.867. The number of carbonyl (C=O) groups excluding carboxylic acids is 1. The molecule has 0 aromatic heterocycles. The van der Waals surface area contributed by atoms with Crippen LogP contribution in [0, 0.1) is 17.8 Å². The Labute approximate surface area is 122 Å². The largest absolute Gasteiger partial charge is 0.481 e. The van der Waals surface area contributed by atoms with Crippen LogP contribution in [0.2, 0.25) is 0 Å². The van der Waals surface area contributed by atoms with Crippen molar-refractivity contribution >= 4 is 11.9 Å². The monoisotopic (exact) mass is 287 g/mol. The van der Waals surface area contributed by atoms with Gasteiger partial charge in [0.05, 0.1) is 0 Å². The van der Waals surface area contributed by atoms with E-state index in [9.17, 15) is 9.59 Å². The van der Waals surface area contributed by atoms with Gasteiger partial charge in [0.1, 0.15) is 0 Å². The van der Waals surface area contributed by atoms with Crippen molar-refractivity contribution in [1.29, 1.82) is 0 Å². The van der Waals surface area contributed by atoms with Crippen molar-refractivity contribution < 1.29 is 19.4 Å². The van der Waals surface area contributed by atoms with E-state index in [0.29, 0.717) is 37.8 Å². The first kappa shape index (κ1) is 18.9. The molecule has 0 aliphatic rings. The molecule has 0 fully saturated rings. The first-order valence-corrected chi connectivity index (χ1v) is 7.34. The summed E-state index contributed by atoms with van der Waals surface area (Å²) < 4.78 is 5.00. The number of aliphatic carboxylic acids is 1. The third-order valence-corrected chi connectivity index (χ3v) is 3.49. The molecule has 0 saturated carbocycles. The average molecular weight is 287 g/mol. The molecule has 5 heteroatoms. The molecule has 20 heavy (non-hydrogen) atoms. The maximum Gasteiger partial charge on any atom is 0.303 e. The van der Waals surface area contributed by atoms with E-state index in [0.717, 1.165) is 6.42 Å². The Morgan fingerprint density at radius 3 is 2.35 bits per heavy atom. The van der Waals surface area contributed by atoms with Gasteiger partial charge in [-0.3, -0.25) is 9.59 Å². The zero-order valence-corrected chi connectivity index (χ0v) is 13.1. The Morgan fingerprint density at radius 2 is 1.85 bits per heavy atom. The van der Waals surface area contributed by atoms with E-state index in [4.69, 9.17) is 9.84 Å². The van der Waals surface area contributed by atoms with Crippen molar-refractivity contribution in [3.63, 3.8) is 0 Å². The highest BCUT2D eigenvalue weighted by atomic mass is 16.5. The number of hydrogen-bond donors (Lipinski definition) is 2. The SMILES string of the molecule is COCC(C)CC(=O)NCCC(CCC(=O)O)C(C)C. The fourth-order valence-corrected chi connectivity index (χ4v) is 2.25. The summed E-state index contributed by atoms with van der Waals surface area (Å²) in [5.41, 5.74) is 0. The predicted molar refractivity (Wildman–Crippen MR) is 78.5 cm³/mol. The summed E-state index contributed by atoms with van der Waals surface area (Å²) in [5.74, 6) is 0.262. The van der Waals surface area contributed by atoms with Crippen LogP contribution in [0.3, 0.4) is 0 Å². The Bertz CT molecular complexity index is 292. The van der Waals surface area contributed by atoms with Gasteiger partial charge in [-0.25, -0.2) is 0 Å². The summed E-state index contributed by atoms with van der Waals surface area (Å²) in [6.07, 6.45) is 2.16. The average Bonchev–Trinajstić information content (AvgIpc) is 2.32. The number of carboxylic acids is 1. The second-order valence-electron chi connectivity index (χ2n) is 5.84. The molecule has 0 aliphatic heterocycles. The third-order valence-electron chi connectivity index (χ3n) is 3.49. The third kappa shape index (κ3) is 9.78. The van der Waals surface area contributed by atoms with Crippen molar-refractivity contribution in [2.24, 2.45) is 17.8 Å². The maximum absolute atomic E-state index is 11.7. The number of amides is 1. The molecule has 1 amide bonds. The molecular weight excluding hydrogens is 258 g/mol. The van der Waals surface area contributed by atoms with Crippen LogP contribution in [0.5, 0.6) is 0 Å². The summed E-state index contributed by atoms with van der Waals surface area (Å²) in [7, 11) is 1.63. The lowest BCUT2D eigenvalue weighted by Crippen LogP contribution is -2.29. The topological polar surface area (TPSA) is 75.6 Å². The van der Waals surface area contributed by atoms with Crippen LogP contribution in [-0.2, 0) is 14.3 Å². The first-order chi connectivity index (χ1) is 9.36. The minimum absolute atomic E-state index is 0.0373. The second-order valence-corrected chi connectivity index (χ2v) is 5.84. The number of carboxylic acid groups (broad SMARTS) is 1. The second kappa shape index (κ2) is 10.7. The van der Waals surface area contributed by atoms with Crippen LogP contribution in [0.4, 0.5) is 0 Å².